The first-order chi connectivity index (χ1) is 11.5. The molecule has 0 aromatic carbocycles. The molecule has 0 aliphatic rings. The smallest absolute Gasteiger partial charge is 0.198 e. The van der Waals surface area contributed by atoms with Gasteiger partial charge in [0.1, 0.15) is 11.2 Å². The van der Waals surface area contributed by atoms with E-state index in [0.29, 0.717) is 25.7 Å². The summed E-state index contributed by atoms with van der Waals surface area (Å²) >= 11 is 0. The predicted octanol–water partition coefficient (Wildman–Crippen LogP) is 5.29. The van der Waals surface area contributed by atoms with E-state index in [1.807, 2.05) is 12.1 Å². The van der Waals surface area contributed by atoms with Crippen LogP contribution < -0.4 is 0 Å². The third kappa shape index (κ3) is 7.02. The Morgan fingerprint density at radius 2 is 1.08 bits per heavy atom. The van der Waals surface area contributed by atoms with Crippen molar-refractivity contribution in [2.75, 3.05) is 0 Å². The van der Waals surface area contributed by atoms with Crippen molar-refractivity contribution in [2.24, 2.45) is 0 Å². The average molecular weight is 347 g/mol. The zero-order valence-electron chi connectivity index (χ0n) is 13.9. The van der Waals surface area contributed by atoms with Gasteiger partial charge in [0.2, 0.25) is 0 Å². The Kier molecular flexibility index (Phi) is 10.5. The van der Waals surface area contributed by atoms with Crippen LogP contribution in [0, 0.1) is 22.7 Å². The van der Waals surface area contributed by atoms with E-state index in [1.54, 1.807) is 24.3 Å². The lowest BCUT2D eigenvalue weighted by atomic mass is 9.92. The molecule has 0 N–H and O–H groups in total. The molecule has 6 heteroatoms. The summed E-state index contributed by atoms with van der Waals surface area (Å²) in [5.41, 5.74) is -2.01. The van der Waals surface area contributed by atoms with Gasteiger partial charge in [0.15, 0.2) is 0 Å². The molecule has 0 aliphatic heterocycles. The van der Waals surface area contributed by atoms with Gasteiger partial charge >= 0.3 is 8.25 Å². The highest BCUT2D eigenvalue weighted by atomic mass is 31.1. The lowest BCUT2D eigenvalue weighted by molar-refractivity contribution is 0.0197. The van der Waals surface area contributed by atoms with Crippen LogP contribution in [0.25, 0.3) is 0 Å². The third-order valence-electron chi connectivity index (χ3n) is 3.40. The molecular formula is C18H24N2O3P+. The van der Waals surface area contributed by atoms with E-state index in [0.717, 1.165) is 0 Å². The van der Waals surface area contributed by atoms with Crippen LogP contribution in [0.2, 0.25) is 0 Å². The second kappa shape index (κ2) is 11.5. The van der Waals surface area contributed by atoms with Crippen LogP contribution in [-0.2, 0) is 13.6 Å². The van der Waals surface area contributed by atoms with E-state index in [4.69, 9.17) is 19.6 Å². The molecule has 0 radical (unpaired) electrons. The van der Waals surface area contributed by atoms with Gasteiger partial charge in [0, 0.05) is 30.2 Å². The summed E-state index contributed by atoms with van der Waals surface area (Å²) in [6.07, 6.45) is 7.72. The molecule has 0 heterocycles. The fourth-order valence-electron chi connectivity index (χ4n) is 2.34. The molecule has 0 unspecified atom stereocenters. The Morgan fingerprint density at radius 1 is 0.792 bits per heavy atom. The van der Waals surface area contributed by atoms with Gasteiger partial charge in [0.05, 0.1) is 25.0 Å². The minimum absolute atomic E-state index is 0.0175. The van der Waals surface area contributed by atoms with Crippen molar-refractivity contribution in [1.82, 2.24) is 0 Å². The highest BCUT2D eigenvalue weighted by Gasteiger charge is 2.46. The minimum Gasteiger partial charge on any atom is -0.198 e. The van der Waals surface area contributed by atoms with Gasteiger partial charge in [0.25, 0.3) is 0 Å². The van der Waals surface area contributed by atoms with Gasteiger partial charge in [-0.2, -0.15) is 10.5 Å². The van der Waals surface area contributed by atoms with Crippen LogP contribution in [0.1, 0.15) is 38.5 Å². The Morgan fingerprint density at radius 3 is 1.29 bits per heavy atom. The molecule has 0 amide bonds. The van der Waals surface area contributed by atoms with Crippen molar-refractivity contribution in [2.45, 2.75) is 49.7 Å². The summed E-state index contributed by atoms with van der Waals surface area (Å²) in [6.45, 7) is 14.6. The molecular weight excluding hydrogens is 323 g/mol. The van der Waals surface area contributed by atoms with E-state index in [2.05, 4.69) is 26.3 Å². The summed E-state index contributed by atoms with van der Waals surface area (Å²) in [4.78, 5) is 0. The van der Waals surface area contributed by atoms with Crippen molar-refractivity contribution >= 4 is 8.25 Å². The summed E-state index contributed by atoms with van der Waals surface area (Å²) in [5, 5.41) is 18.1. The number of rotatable bonds is 14. The molecule has 24 heavy (non-hydrogen) atoms. The van der Waals surface area contributed by atoms with E-state index in [9.17, 15) is 4.57 Å². The van der Waals surface area contributed by atoms with Crippen molar-refractivity contribution < 1.29 is 13.6 Å². The van der Waals surface area contributed by atoms with Crippen LogP contribution >= 0.6 is 8.25 Å². The van der Waals surface area contributed by atoms with Crippen molar-refractivity contribution in [3.63, 3.8) is 0 Å². The molecule has 0 aliphatic carbocycles. The molecule has 0 fully saturated rings. The van der Waals surface area contributed by atoms with Gasteiger partial charge in [-0.25, -0.2) is 0 Å². The Bertz CT molecular complexity index is 490. The normalized spacial score (nSPS) is 10.9. The standard InChI is InChI=1S/C18H24N2O3P/c1-5-9-17(10-6-2,13-15-19)22-24(21)23-18(11-7-3,12-8-4)14-16-20/h5-8H,1-4,9-14H2/q+1. The van der Waals surface area contributed by atoms with E-state index in [-0.39, 0.29) is 12.8 Å². The third-order valence-corrected chi connectivity index (χ3v) is 4.48. The van der Waals surface area contributed by atoms with Crippen molar-refractivity contribution in [3.05, 3.63) is 50.6 Å². The van der Waals surface area contributed by atoms with Crippen molar-refractivity contribution in [1.29, 1.82) is 10.5 Å². The number of nitrogens with zero attached hydrogens (tertiary/aromatic N) is 2. The maximum absolute atomic E-state index is 12.5. The molecule has 0 spiro atoms. The van der Waals surface area contributed by atoms with E-state index in [1.165, 1.54) is 0 Å². The SMILES string of the molecule is C=CCC(CC#N)(CC=C)O[P+](=O)OC(CC#N)(CC=C)CC=C. The first kappa shape index (κ1) is 22.0. The summed E-state index contributed by atoms with van der Waals surface area (Å²) in [5.74, 6) is 0. The fraction of sp³-hybridized carbons (Fsp3) is 0.444. The van der Waals surface area contributed by atoms with Gasteiger partial charge in [-0.15, -0.1) is 35.4 Å². The second-order valence-electron chi connectivity index (χ2n) is 5.41. The maximum Gasteiger partial charge on any atom is 0.698 e. The fourth-order valence-corrected chi connectivity index (χ4v) is 3.44. The highest BCUT2D eigenvalue weighted by Crippen LogP contribution is 2.44. The molecule has 128 valence electrons. The minimum atomic E-state index is -2.57. The topological polar surface area (TPSA) is 83.1 Å². The molecule has 5 nitrogen and oxygen atoms in total. The van der Waals surface area contributed by atoms with Crippen LogP contribution in [0.5, 0.6) is 0 Å². The quantitative estimate of drug-likeness (QED) is 0.315. The monoisotopic (exact) mass is 347 g/mol. The predicted molar refractivity (Wildman–Crippen MR) is 95.0 cm³/mol. The van der Waals surface area contributed by atoms with Crippen molar-refractivity contribution in [3.8, 4) is 12.1 Å². The Labute approximate surface area is 145 Å². The molecule has 0 aromatic heterocycles. The van der Waals surface area contributed by atoms with E-state index >= 15 is 0 Å². The van der Waals surface area contributed by atoms with Crippen LogP contribution in [0.3, 0.4) is 0 Å². The largest absolute Gasteiger partial charge is 0.698 e. The van der Waals surface area contributed by atoms with Crippen LogP contribution in [0.15, 0.2) is 50.6 Å². The average Bonchev–Trinajstić information content (AvgIpc) is 2.48. The highest BCUT2D eigenvalue weighted by molar-refractivity contribution is 7.33. The molecule has 0 bridgehead atoms. The summed E-state index contributed by atoms with van der Waals surface area (Å²) < 4.78 is 23.7. The molecule has 0 saturated heterocycles. The number of nitriles is 2. The molecule has 0 rings (SSSR count). The van der Waals surface area contributed by atoms with E-state index < -0.39 is 19.5 Å². The number of hydrogen-bond acceptors (Lipinski definition) is 5. The van der Waals surface area contributed by atoms with Gasteiger partial charge in [-0.3, -0.25) is 0 Å². The molecule has 0 saturated carbocycles. The van der Waals surface area contributed by atoms with Crippen LogP contribution in [-0.4, -0.2) is 11.2 Å². The van der Waals surface area contributed by atoms with Crippen LogP contribution in [0.4, 0.5) is 0 Å². The Hall–Kier alpha value is -2.04. The lowest BCUT2D eigenvalue weighted by Gasteiger charge is -2.25. The Balaban J connectivity index is 5.39. The van der Waals surface area contributed by atoms with Gasteiger partial charge in [-0.1, -0.05) is 24.3 Å². The first-order valence-corrected chi connectivity index (χ1v) is 8.59. The lowest BCUT2D eigenvalue weighted by Crippen LogP contribution is -2.32. The maximum atomic E-state index is 12.5. The zero-order chi connectivity index (χ0) is 18.5. The molecule has 0 atom stereocenters. The first-order valence-electron chi connectivity index (χ1n) is 7.50. The van der Waals surface area contributed by atoms with Gasteiger partial charge < -0.3 is 0 Å². The summed E-state index contributed by atoms with van der Waals surface area (Å²) in [7, 11) is -2.57. The molecule has 0 aromatic rings. The second-order valence-corrected chi connectivity index (χ2v) is 6.23. The zero-order valence-corrected chi connectivity index (χ0v) is 14.8. The van der Waals surface area contributed by atoms with Gasteiger partial charge in [-0.05, 0) is 0 Å². The number of hydrogen-bond donors (Lipinski definition) is 0. The summed E-state index contributed by atoms with van der Waals surface area (Å²) in [6, 6.07) is 4.07.